The van der Waals surface area contributed by atoms with E-state index in [-0.39, 0.29) is 24.3 Å². The zero-order chi connectivity index (χ0) is 17.8. The van der Waals surface area contributed by atoms with Crippen LogP contribution in [0.5, 0.6) is 0 Å². The highest BCUT2D eigenvalue weighted by atomic mass is 79.9. The first-order valence-corrected chi connectivity index (χ1v) is 9.27. The van der Waals surface area contributed by atoms with Gasteiger partial charge in [0.15, 0.2) is 10.4 Å². The van der Waals surface area contributed by atoms with Crippen molar-refractivity contribution in [2.24, 2.45) is 0 Å². The van der Waals surface area contributed by atoms with Crippen LogP contribution >= 0.6 is 15.9 Å². The zero-order valence-corrected chi connectivity index (χ0v) is 15.7. The zero-order valence-electron chi connectivity index (χ0n) is 14.1. The van der Waals surface area contributed by atoms with Crippen molar-refractivity contribution in [1.82, 2.24) is 10.6 Å². The van der Waals surface area contributed by atoms with Crippen LogP contribution in [0.4, 0.5) is 0 Å². The Morgan fingerprint density at radius 1 is 1.16 bits per heavy atom. The standard InChI is InChI=1S/C19H21BrN2O3/c1-12(14-7-6-13-4-2-3-5-15(13)10-14)22-18(23)11-21-19(24)16-8-9-17(20)25-16/h6-10,12H,2-5,11H2,1H3,(H,21,24)(H,22,23)/t12-/m1/s1. The summed E-state index contributed by atoms with van der Waals surface area (Å²) >= 11 is 3.14. The Labute approximate surface area is 155 Å². The number of fused-ring (bicyclic) bond motifs is 1. The number of hydrogen-bond donors (Lipinski definition) is 2. The molecule has 25 heavy (non-hydrogen) atoms. The summed E-state index contributed by atoms with van der Waals surface area (Å²) in [5.41, 5.74) is 3.90. The van der Waals surface area contributed by atoms with Crippen LogP contribution in [-0.4, -0.2) is 18.4 Å². The second-order valence-corrected chi connectivity index (χ2v) is 7.09. The van der Waals surface area contributed by atoms with Gasteiger partial charge in [0.2, 0.25) is 5.91 Å². The lowest BCUT2D eigenvalue weighted by molar-refractivity contribution is -0.120. The molecule has 0 bridgehead atoms. The Morgan fingerprint density at radius 2 is 1.92 bits per heavy atom. The molecule has 1 aliphatic carbocycles. The van der Waals surface area contributed by atoms with Gasteiger partial charge in [0, 0.05) is 0 Å². The fraction of sp³-hybridized carbons (Fsp3) is 0.368. The third-order valence-electron chi connectivity index (χ3n) is 4.46. The number of carbonyl (C=O) groups excluding carboxylic acids is 2. The summed E-state index contributed by atoms with van der Waals surface area (Å²) in [7, 11) is 0. The van der Waals surface area contributed by atoms with E-state index in [1.54, 1.807) is 12.1 Å². The minimum atomic E-state index is -0.415. The lowest BCUT2D eigenvalue weighted by Crippen LogP contribution is -2.38. The lowest BCUT2D eigenvalue weighted by Gasteiger charge is -2.20. The summed E-state index contributed by atoms with van der Waals surface area (Å²) in [6, 6.07) is 9.52. The van der Waals surface area contributed by atoms with E-state index in [9.17, 15) is 9.59 Å². The van der Waals surface area contributed by atoms with Crippen LogP contribution < -0.4 is 10.6 Å². The maximum atomic E-state index is 12.1. The van der Waals surface area contributed by atoms with Gasteiger partial charge in [-0.05, 0) is 77.4 Å². The molecule has 1 aliphatic rings. The van der Waals surface area contributed by atoms with Crippen LogP contribution in [0.1, 0.15) is 53.1 Å². The van der Waals surface area contributed by atoms with Crippen molar-refractivity contribution in [2.45, 2.75) is 38.6 Å². The summed E-state index contributed by atoms with van der Waals surface area (Å²) in [4.78, 5) is 24.0. The average molecular weight is 405 g/mol. The molecule has 132 valence electrons. The van der Waals surface area contributed by atoms with Crippen molar-refractivity contribution in [3.8, 4) is 0 Å². The normalized spacial score (nSPS) is 14.5. The highest BCUT2D eigenvalue weighted by molar-refractivity contribution is 9.10. The molecule has 2 amide bonds. The van der Waals surface area contributed by atoms with Gasteiger partial charge in [0.25, 0.3) is 5.91 Å². The first-order chi connectivity index (χ1) is 12.0. The fourth-order valence-corrected chi connectivity index (χ4v) is 3.39. The molecular formula is C19H21BrN2O3. The second-order valence-electron chi connectivity index (χ2n) is 6.31. The smallest absolute Gasteiger partial charge is 0.287 e. The number of nitrogens with one attached hydrogen (secondary N) is 2. The molecule has 0 spiro atoms. The van der Waals surface area contributed by atoms with Crippen LogP contribution in [0.2, 0.25) is 0 Å². The summed E-state index contributed by atoms with van der Waals surface area (Å²) in [6.45, 7) is 1.86. The molecule has 1 aromatic carbocycles. The molecule has 3 rings (SSSR count). The topological polar surface area (TPSA) is 71.3 Å². The molecule has 2 aromatic rings. The van der Waals surface area contributed by atoms with Gasteiger partial charge in [-0.15, -0.1) is 0 Å². The molecule has 0 unspecified atom stereocenters. The van der Waals surface area contributed by atoms with Crippen molar-refractivity contribution >= 4 is 27.7 Å². The van der Waals surface area contributed by atoms with Gasteiger partial charge in [0.1, 0.15) is 0 Å². The highest BCUT2D eigenvalue weighted by Gasteiger charge is 2.16. The minimum absolute atomic E-state index is 0.0908. The van der Waals surface area contributed by atoms with Crippen molar-refractivity contribution in [3.63, 3.8) is 0 Å². The van der Waals surface area contributed by atoms with Gasteiger partial charge in [-0.3, -0.25) is 9.59 Å². The molecule has 1 atom stereocenters. The van der Waals surface area contributed by atoms with Crippen molar-refractivity contribution in [2.75, 3.05) is 6.54 Å². The van der Waals surface area contributed by atoms with Crippen LogP contribution in [0.15, 0.2) is 39.4 Å². The monoisotopic (exact) mass is 404 g/mol. The van der Waals surface area contributed by atoms with E-state index in [0.29, 0.717) is 4.67 Å². The molecule has 6 heteroatoms. The number of aryl methyl sites for hydroxylation is 2. The molecule has 5 nitrogen and oxygen atoms in total. The SMILES string of the molecule is C[C@@H](NC(=O)CNC(=O)c1ccc(Br)o1)c1ccc2c(c1)CCCC2. The van der Waals surface area contributed by atoms with Crippen LogP contribution in [0, 0.1) is 0 Å². The van der Waals surface area contributed by atoms with E-state index in [0.717, 1.165) is 18.4 Å². The van der Waals surface area contributed by atoms with Gasteiger partial charge in [-0.25, -0.2) is 0 Å². The molecule has 0 saturated heterocycles. The van der Waals surface area contributed by atoms with E-state index in [1.807, 2.05) is 6.92 Å². The maximum absolute atomic E-state index is 12.1. The largest absolute Gasteiger partial charge is 0.444 e. The molecule has 0 fully saturated rings. The molecule has 1 aromatic heterocycles. The molecule has 1 heterocycles. The molecule has 2 N–H and O–H groups in total. The number of hydrogen-bond acceptors (Lipinski definition) is 3. The van der Waals surface area contributed by atoms with E-state index >= 15 is 0 Å². The summed E-state index contributed by atoms with van der Waals surface area (Å²) in [6.07, 6.45) is 4.74. The van der Waals surface area contributed by atoms with E-state index in [4.69, 9.17) is 4.42 Å². The lowest BCUT2D eigenvalue weighted by atomic mass is 9.89. The molecular weight excluding hydrogens is 384 g/mol. The Kier molecular flexibility index (Phi) is 5.58. The predicted molar refractivity (Wildman–Crippen MR) is 98.4 cm³/mol. The number of furan rings is 1. The van der Waals surface area contributed by atoms with Crippen molar-refractivity contribution < 1.29 is 14.0 Å². The van der Waals surface area contributed by atoms with E-state index in [2.05, 4.69) is 44.8 Å². The number of halogens is 1. The predicted octanol–water partition coefficient (Wildman–Crippen LogP) is 3.53. The van der Waals surface area contributed by atoms with E-state index in [1.165, 1.54) is 24.0 Å². The Balaban J connectivity index is 1.53. The van der Waals surface area contributed by atoms with Crippen molar-refractivity contribution in [3.05, 3.63) is 57.5 Å². The first kappa shape index (κ1) is 17.7. The first-order valence-electron chi connectivity index (χ1n) is 8.47. The Morgan fingerprint density at radius 3 is 2.64 bits per heavy atom. The van der Waals surface area contributed by atoms with Gasteiger partial charge in [-0.1, -0.05) is 18.2 Å². The molecule has 0 radical (unpaired) electrons. The highest BCUT2D eigenvalue weighted by Crippen LogP contribution is 2.24. The minimum Gasteiger partial charge on any atom is -0.444 e. The Hall–Kier alpha value is -2.08. The van der Waals surface area contributed by atoms with E-state index < -0.39 is 5.91 Å². The summed E-state index contributed by atoms with van der Waals surface area (Å²) in [5, 5.41) is 5.47. The van der Waals surface area contributed by atoms with Crippen LogP contribution in [-0.2, 0) is 17.6 Å². The number of carbonyl (C=O) groups is 2. The maximum Gasteiger partial charge on any atom is 0.287 e. The fourth-order valence-electron chi connectivity index (χ4n) is 3.08. The average Bonchev–Trinajstić information content (AvgIpc) is 3.05. The Bertz CT molecular complexity index is 785. The second kappa shape index (κ2) is 7.87. The number of rotatable bonds is 5. The summed E-state index contributed by atoms with van der Waals surface area (Å²) < 4.78 is 5.63. The third kappa shape index (κ3) is 4.51. The van der Waals surface area contributed by atoms with Crippen LogP contribution in [0.25, 0.3) is 0 Å². The quantitative estimate of drug-likeness (QED) is 0.800. The number of benzene rings is 1. The van der Waals surface area contributed by atoms with Gasteiger partial charge in [0.05, 0.1) is 12.6 Å². The van der Waals surface area contributed by atoms with Gasteiger partial charge < -0.3 is 15.1 Å². The molecule has 0 aliphatic heterocycles. The van der Waals surface area contributed by atoms with Crippen LogP contribution in [0.3, 0.4) is 0 Å². The summed E-state index contributed by atoms with van der Waals surface area (Å²) in [5.74, 6) is -0.478. The molecule has 0 saturated carbocycles. The van der Waals surface area contributed by atoms with Gasteiger partial charge in [-0.2, -0.15) is 0 Å². The van der Waals surface area contributed by atoms with Gasteiger partial charge >= 0.3 is 0 Å². The number of amides is 2. The van der Waals surface area contributed by atoms with Crippen molar-refractivity contribution in [1.29, 1.82) is 0 Å². The third-order valence-corrected chi connectivity index (χ3v) is 4.88.